The van der Waals surface area contributed by atoms with E-state index < -0.39 is 230 Å². The van der Waals surface area contributed by atoms with E-state index in [0.29, 0.717) is 34.2 Å². The highest BCUT2D eigenvalue weighted by Crippen LogP contribution is 2.18. The van der Waals surface area contributed by atoms with E-state index in [4.69, 9.17) is 22.9 Å². The predicted octanol–water partition coefficient (Wildman–Crippen LogP) is -1.62. The van der Waals surface area contributed by atoms with Crippen molar-refractivity contribution >= 4 is 101 Å². The smallest absolute Gasteiger partial charge is 0.322 e. The number of rotatable bonds is 53. The summed E-state index contributed by atoms with van der Waals surface area (Å²) < 4.78 is 0. The molecular weight excluding hydrogens is 1580 g/mol. The van der Waals surface area contributed by atoms with Gasteiger partial charge in [-0.2, -0.15) is 0 Å². The van der Waals surface area contributed by atoms with Crippen molar-refractivity contribution in [3.8, 4) is 5.75 Å². The third kappa shape index (κ3) is 35.4. The van der Waals surface area contributed by atoms with Crippen LogP contribution in [0.3, 0.4) is 0 Å². The zero-order chi connectivity index (χ0) is 90.1. The minimum Gasteiger partial charge on any atom is -0.508 e. The van der Waals surface area contributed by atoms with Gasteiger partial charge in [-0.3, -0.25) is 81.5 Å². The number of nitrogens with two attached hydrogens (primary N) is 4. The van der Waals surface area contributed by atoms with E-state index in [2.05, 4.69) is 69.1 Å². The second-order valence-electron chi connectivity index (χ2n) is 30.3. The molecule has 13 atom stereocenters. The quantitative estimate of drug-likeness (QED) is 0.0194. The molecule has 0 spiro atoms. The first kappa shape index (κ1) is 99.4. The molecule has 0 radical (unpaired) electrons. The number of hydrogen-bond acceptors (Lipinski definition) is 20. The summed E-state index contributed by atoms with van der Waals surface area (Å²) in [5.41, 5.74) is 25.7. The van der Waals surface area contributed by atoms with Crippen LogP contribution in [-0.2, 0) is 114 Å². The third-order valence-corrected chi connectivity index (χ3v) is 19.8. The van der Waals surface area contributed by atoms with E-state index in [-0.39, 0.29) is 69.6 Å². The molecule has 0 aliphatic carbocycles. The predicted molar refractivity (Wildman–Crippen MR) is 446 cm³/mol. The Morgan fingerprint density at radius 1 is 0.336 bits per heavy atom. The standard InChI is InChI=1S/C85H115N17O20/c1-7-50(6)73(102-84(121)72(49(4)5)101-82(119)64(44-55-31-33-56(103)34-32-55)99-81(118)65(45-67(88)105)92-68(106)46-90-74(111)61(41-52-24-14-9-15-25-52)100-83(120)71(89)48(2)3)85(122)95-58(35-37-66(87)104)77(114)93-57(30-20-21-39-86)76(113)97-63(43-54-28-18-11-19-29-54)80(117)98-62(42-53-26-16-10-17-27-53)79(116)94-59(36-38-69(107)108)78(115)96-60(75(112)91-47-70(109)110)40-51-22-12-8-13-23-51/h8-19,22-29,31-34,48-50,57-65,71-73,103H,7,20-21,30,35-47,86,89H2,1-6H3,(H2,87,104)(H2,88,105)(H,90,111)(H,91,112)(H,92,106)(H,93,114)(H,94,116)(H,95,122)(H,96,115)(H,97,113)(H,98,117)(H,99,118)(H,100,120)(H,101,119)(H,102,121)(H,107,108)(H,109,110)/t50-,57-,58-,59-,60-,61-,62-,63-,64-,65-,71-,72-,73-/m0/s1. The molecule has 37 nitrogen and oxygen atoms in total. The van der Waals surface area contributed by atoms with Gasteiger partial charge in [0.2, 0.25) is 88.6 Å². The lowest BCUT2D eigenvalue weighted by Gasteiger charge is -2.31. The van der Waals surface area contributed by atoms with Crippen LogP contribution in [0.25, 0.3) is 0 Å². The first-order valence-corrected chi connectivity index (χ1v) is 40.2. The van der Waals surface area contributed by atoms with E-state index in [1.54, 1.807) is 163 Å². The van der Waals surface area contributed by atoms with Gasteiger partial charge in [0.05, 0.1) is 19.0 Å². The van der Waals surface area contributed by atoms with Gasteiger partial charge in [0, 0.05) is 44.9 Å². The Kier molecular flexibility index (Phi) is 41.8. The van der Waals surface area contributed by atoms with Crippen LogP contribution in [0.2, 0.25) is 0 Å². The van der Waals surface area contributed by atoms with Crippen LogP contribution in [0.1, 0.15) is 127 Å². The average molecular weight is 1690 g/mol. The number of phenolic OH excluding ortho intramolecular Hbond substituents is 1. The zero-order valence-electron chi connectivity index (χ0n) is 69.1. The molecule has 0 heterocycles. The number of amides is 15. The molecule has 37 heteroatoms. The number of carbonyl (C=O) groups excluding carboxylic acids is 15. The second kappa shape index (κ2) is 51.3. The van der Waals surface area contributed by atoms with Crippen LogP contribution in [-0.4, -0.2) is 208 Å². The second-order valence-corrected chi connectivity index (χ2v) is 30.3. The van der Waals surface area contributed by atoms with Crippen molar-refractivity contribution in [2.24, 2.45) is 40.7 Å². The Bertz CT molecular complexity index is 4360. The number of unbranched alkanes of at least 4 members (excludes halogenated alkanes) is 1. The molecule has 660 valence electrons. The zero-order valence-corrected chi connectivity index (χ0v) is 69.1. The highest BCUT2D eigenvalue weighted by atomic mass is 16.4. The minimum absolute atomic E-state index is 0.00955. The van der Waals surface area contributed by atoms with Gasteiger partial charge >= 0.3 is 11.9 Å². The molecule has 5 aromatic rings. The number of carboxylic acids is 2. The first-order chi connectivity index (χ1) is 57.9. The molecule has 0 aliphatic rings. The highest BCUT2D eigenvalue weighted by Gasteiger charge is 2.39. The molecule has 0 fully saturated rings. The van der Waals surface area contributed by atoms with Gasteiger partial charge in [-0.25, -0.2) is 0 Å². The van der Waals surface area contributed by atoms with E-state index in [1.165, 1.54) is 24.3 Å². The fourth-order valence-electron chi connectivity index (χ4n) is 12.6. The van der Waals surface area contributed by atoms with Crippen LogP contribution in [0.4, 0.5) is 0 Å². The summed E-state index contributed by atoms with van der Waals surface area (Å²) in [4.78, 5) is 235. The maximum Gasteiger partial charge on any atom is 0.322 e. The molecule has 122 heavy (non-hydrogen) atoms. The molecule has 0 unspecified atom stereocenters. The van der Waals surface area contributed by atoms with Gasteiger partial charge in [-0.1, -0.05) is 181 Å². The Balaban J connectivity index is 1.40. The molecular formula is C85H115N17O20. The molecule has 24 N–H and O–H groups in total. The summed E-state index contributed by atoms with van der Waals surface area (Å²) in [5.74, 6) is -19.3. The van der Waals surface area contributed by atoms with Crippen molar-refractivity contribution in [3.05, 3.63) is 173 Å². The minimum atomic E-state index is -1.78. The molecule has 5 aromatic carbocycles. The number of aliphatic carboxylic acids is 2. The fourth-order valence-corrected chi connectivity index (χ4v) is 12.6. The molecule has 5 rings (SSSR count). The number of aromatic hydroxyl groups is 1. The van der Waals surface area contributed by atoms with E-state index in [1.807, 2.05) is 0 Å². The average Bonchev–Trinajstić information content (AvgIpc) is 0.841. The number of nitrogens with one attached hydrogen (secondary N) is 13. The van der Waals surface area contributed by atoms with Crippen LogP contribution < -0.4 is 92.1 Å². The third-order valence-electron chi connectivity index (χ3n) is 19.8. The summed E-state index contributed by atoms with van der Waals surface area (Å²) in [6, 6.07) is 20.7. The topological polar surface area (TPSA) is 611 Å². The molecule has 0 saturated carbocycles. The Morgan fingerprint density at radius 2 is 0.672 bits per heavy atom. The molecule has 15 amide bonds. The van der Waals surface area contributed by atoms with Crippen LogP contribution >= 0.6 is 0 Å². The maximum atomic E-state index is 15.0. The van der Waals surface area contributed by atoms with Crippen molar-refractivity contribution in [2.75, 3.05) is 19.6 Å². The molecule has 0 aliphatic heterocycles. The summed E-state index contributed by atoms with van der Waals surface area (Å²) in [6.07, 6.45) is -3.53. The van der Waals surface area contributed by atoms with Gasteiger partial charge in [0.1, 0.15) is 78.8 Å². The van der Waals surface area contributed by atoms with Crippen LogP contribution in [0.15, 0.2) is 146 Å². The van der Waals surface area contributed by atoms with Crippen LogP contribution in [0, 0.1) is 17.8 Å². The maximum absolute atomic E-state index is 15.0. The first-order valence-electron chi connectivity index (χ1n) is 40.2. The van der Waals surface area contributed by atoms with Crippen molar-refractivity contribution in [1.29, 1.82) is 0 Å². The summed E-state index contributed by atoms with van der Waals surface area (Å²) in [7, 11) is 0. The Labute approximate surface area is 706 Å². The monoisotopic (exact) mass is 1690 g/mol. The van der Waals surface area contributed by atoms with Gasteiger partial charge in [-0.15, -0.1) is 0 Å². The number of carboxylic acid groups (broad SMARTS) is 2. The number of carbonyl (C=O) groups is 17. The summed E-state index contributed by atoms with van der Waals surface area (Å²) in [5, 5.41) is 62.4. The normalized spacial score (nSPS) is 14.2. The van der Waals surface area contributed by atoms with Crippen LogP contribution in [0.5, 0.6) is 5.75 Å². The Morgan fingerprint density at radius 3 is 1.05 bits per heavy atom. The lowest BCUT2D eigenvalue weighted by Crippen LogP contribution is -2.62. The lowest BCUT2D eigenvalue weighted by atomic mass is 9.95. The summed E-state index contributed by atoms with van der Waals surface area (Å²) >= 11 is 0. The molecule has 0 bridgehead atoms. The Hall–Kier alpha value is -13.2. The van der Waals surface area contributed by atoms with Crippen molar-refractivity contribution in [2.45, 2.75) is 204 Å². The number of benzene rings is 5. The van der Waals surface area contributed by atoms with Crippen molar-refractivity contribution in [3.63, 3.8) is 0 Å². The number of phenols is 1. The van der Waals surface area contributed by atoms with E-state index in [9.17, 15) is 92.0 Å². The summed E-state index contributed by atoms with van der Waals surface area (Å²) in [6.45, 7) is 8.32. The largest absolute Gasteiger partial charge is 0.508 e. The van der Waals surface area contributed by atoms with E-state index >= 15 is 4.79 Å². The van der Waals surface area contributed by atoms with Crippen molar-refractivity contribution < 1.29 is 96.8 Å². The highest BCUT2D eigenvalue weighted by molar-refractivity contribution is 6.01. The van der Waals surface area contributed by atoms with Gasteiger partial charge < -0.3 is 107 Å². The van der Waals surface area contributed by atoms with E-state index in [0.717, 1.165) is 0 Å². The molecule has 0 saturated heterocycles. The number of hydrogen-bond donors (Lipinski definition) is 20. The van der Waals surface area contributed by atoms with Gasteiger partial charge in [0.25, 0.3) is 0 Å². The van der Waals surface area contributed by atoms with Gasteiger partial charge in [-0.05, 0) is 96.4 Å². The lowest BCUT2D eigenvalue weighted by molar-refractivity contribution is -0.139. The number of primary amides is 2. The van der Waals surface area contributed by atoms with Crippen molar-refractivity contribution in [1.82, 2.24) is 69.1 Å². The van der Waals surface area contributed by atoms with Gasteiger partial charge in [0.15, 0.2) is 0 Å². The fraction of sp³-hybridized carbons (Fsp3) is 0.447. The SMILES string of the molecule is CC[C@H](C)[C@H](NC(=O)[C@@H](NC(=O)[C@H](Cc1ccc(O)cc1)NC(=O)[C@H](CC(N)=O)NC(=O)CNC(=O)[C@H](Cc1ccccc1)NC(=O)[C@@H](N)C(C)C)C(C)C)C(=O)N[C@@H](CCC(N)=O)C(=O)N[C@@H](CCCCN)C(=O)N[C@@H](Cc1ccccc1)C(=O)N[C@@H](Cc1ccccc1)C(=O)N[C@@H](CCC(=O)O)C(=O)N[C@@H](Cc1ccccc1)C(=O)NCC(=O)O. The molecule has 0 aromatic heterocycles.